The predicted octanol–water partition coefficient (Wildman–Crippen LogP) is 2.58. The van der Waals surface area contributed by atoms with Gasteiger partial charge >= 0.3 is 0 Å². The monoisotopic (exact) mass is 277 g/mol. The molecule has 0 radical (unpaired) electrons. The molecule has 0 N–H and O–H groups in total. The van der Waals surface area contributed by atoms with Gasteiger partial charge in [-0.25, -0.2) is 0 Å². The van der Waals surface area contributed by atoms with E-state index in [0.717, 1.165) is 11.1 Å². The highest BCUT2D eigenvalue weighted by molar-refractivity contribution is 5.70. The summed E-state index contributed by atoms with van der Waals surface area (Å²) >= 11 is 0. The molecule has 1 aromatic rings. The van der Waals surface area contributed by atoms with Crippen molar-refractivity contribution >= 4 is 5.97 Å². The van der Waals surface area contributed by atoms with Gasteiger partial charge in [0.05, 0.1) is 7.11 Å². The number of carboxylic acid groups (broad SMARTS) is 1. The van der Waals surface area contributed by atoms with Crippen LogP contribution < -0.4 is 9.84 Å². The number of ether oxygens (including phenoxy) is 1. The van der Waals surface area contributed by atoms with Gasteiger partial charge < -0.3 is 14.6 Å². The van der Waals surface area contributed by atoms with Gasteiger partial charge in [-0.1, -0.05) is 53.7 Å². The van der Waals surface area contributed by atoms with Crippen molar-refractivity contribution in [3.05, 3.63) is 28.8 Å². The van der Waals surface area contributed by atoms with Crippen molar-refractivity contribution in [2.75, 3.05) is 7.11 Å². The third-order valence-corrected chi connectivity index (χ3v) is 3.38. The lowest BCUT2D eigenvalue weighted by molar-refractivity contribution is -0.304. The Kier molecular flexibility index (Phi) is 4.52. The van der Waals surface area contributed by atoms with E-state index in [1.807, 2.05) is 6.07 Å². The highest BCUT2D eigenvalue weighted by atomic mass is 16.5. The molecule has 3 nitrogen and oxygen atoms in total. The molecule has 0 saturated heterocycles. The zero-order chi connectivity index (χ0) is 15.7. The van der Waals surface area contributed by atoms with Crippen LogP contribution in [0.15, 0.2) is 12.1 Å². The van der Waals surface area contributed by atoms with Gasteiger partial charge in [-0.3, -0.25) is 0 Å². The molecule has 0 atom stereocenters. The average molecular weight is 277 g/mol. The largest absolute Gasteiger partial charge is 0.550 e. The van der Waals surface area contributed by atoms with E-state index in [1.165, 1.54) is 0 Å². The normalized spacial score (nSPS) is 12.3. The Balaban J connectivity index is 3.60. The molecule has 0 aliphatic rings. The molecule has 3 heteroatoms. The van der Waals surface area contributed by atoms with E-state index in [2.05, 4.69) is 47.6 Å². The minimum Gasteiger partial charge on any atom is -0.550 e. The first-order chi connectivity index (χ1) is 8.96. The van der Waals surface area contributed by atoms with Crippen LogP contribution in [0.1, 0.15) is 58.2 Å². The van der Waals surface area contributed by atoms with Gasteiger partial charge in [-0.2, -0.15) is 0 Å². The summed E-state index contributed by atoms with van der Waals surface area (Å²) in [5.41, 5.74) is 2.66. The minimum atomic E-state index is -1.09. The highest BCUT2D eigenvalue weighted by Gasteiger charge is 2.25. The molecule has 112 valence electrons. The Labute approximate surface area is 122 Å². The fourth-order valence-corrected chi connectivity index (χ4v) is 2.21. The van der Waals surface area contributed by atoms with Crippen LogP contribution in [0.4, 0.5) is 0 Å². The maximum Gasteiger partial charge on any atom is 0.126 e. The van der Waals surface area contributed by atoms with Crippen LogP contribution >= 0.6 is 0 Å². The Bertz CT molecular complexity index is 502. The van der Waals surface area contributed by atoms with Crippen LogP contribution in [-0.4, -0.2) is 13.1 Å². The topological polar surface area (TPSA) is 49.4 Å². The molecule has 0 fully saturated rings. The van der Waals surface area contributed by atoms with Crippen molar-refractivity contribution in [2.45, 2.75) is 58.8 Å². The number of hydrogen-bond donors (Lipinski definition) is 0. The van der Waals surface area contributed by atoms with E-state index in [-0.39, 0.29) is 17.3 Å². The number of carbonyl (C=O) groups excluding carboxylic acids is 1. The van der Waals surface area contributed by atoms with Gasteiger partial charge in [-0.05, 0) is 16.4 Å². The molecule has 0 unspecified atom stereocenters. The third-order valence-electron chi connectivity index (χ3n) is 3.38. The van der Waals surface area contributed by atoms with E-state index in [4.69, 9.17) is 4.74 Å². The first-order valence-electron chi connectivity index (χ1n) is 6.88. The molecule has 20 heavy (non-hydrogen) atoms. The lowest BCUT2D eigenvalue weighted by Crippen LogP contribution is -2.26. The molecule has 0 spiro atoms. The molecular formula is C17H25O3-. The summed E-state index contributed by atoms with van der Waals surface area (Å²) in [5, 5.41) is 11.0. The standard InChI is InChI=1S/C17H26O3/c1-16(2,3)12-8-11(9-14(18)19)15(20-7)13(10-12)17(4,5)6/h8,10H,9H2,1-7H3,(H,18,19)/p-1. The summed E-state index contributed by atoms with van der Waals surface area (Å²) in [5.74, 6) is -0.427. The zero-order valence-electron chi connectivity index (χ0n) is 13.6. The van der Waals surface area contributed by atoms with E-state index in [1.54, 1.807) is 7.11 Å². The fraction of sp³-hybridized carbons (Fsp3) is 0.588. The maximum absolute atomic E-state index is 11.0. The highest BCUT2D eigenvalue weighted by Crippen LogP contribution is 2.38. The average Bonchev–Trinajstić information content (AvgIpc) is 2.24. The van der Waals surface area contributed by atoms with Crippen molar-refractivity contribution in [1.29, 1.82) is 0 Å². The fourth-order valence-electron chi connectivity index (χ4n) is 2.21. The first kappa shape index (κ1) is 16.5. The number of hydrogen-bond acceptors (Lipinski definition) is 3. The minimum absolute atomic E-state index is 0.0487. The Morgan fingerprint density at radius 2 is 1.65 bits per heavy atom. The van der Waals surface area contributed by atoms with Gasteiger partial charge in [0.2, 0.25) is 0 Å². The molecular weight excluding hydrogens is 252 g/mol. The van der Waals surface area contributed by atoms with E-state index in [9.17, 15) is 9.90 Å². The summed E-state index contributed by atoms with van der Waals surface area (Å²) in [7, 11) is 1.58. The first-order valence-corrected chi connectivity index (χ1v) is 6.88. The second-order valence-corrected chi connectivity index (χ2v) is 7.26. The Morgan fingerprint density at radius 3 is 2.00 bits per heavy atom. The van der Waals surface area contributed by atoms with Gasteiger partial charge in [-0.15, -0.1) is 0 Å². The van der Waals surface area contributed by atoms with Crippen molar-refractivity contribution in [2.24, 2.45) is 0 Å². The molecule has 0 amide bonds. The number of carboxylic acids is 1. The summed E-state index contributed by atoms with van der Waals surface area (Å²) in [6.45, 7) is 12.6. The van der Waals surface area contributed by atoms with Crippen LogP contribution in [0.2, 0.25) is 0 Å². The molecule has 0 aliphatic carbocycles. The smallest absolute Gasteiger partial charge is 0.126 e. The molecule has 1 aromatic carbocycles. The quantitative estimate of drug-likeness (QED) is 0.853. The lowest BCUT2D eigenvalue weighted by Gasteiger charge is -2.29. The molecule has 0 bridgehead atoms. The van der Waals surface area contributed by atoms with Crippen LogP contribution in [-0.2, 0) is 22.0 Å². The number of methoxy groups -OCH3 is 1. The van der Waals surface area contributed by atoms with E-state index < -0.39 is 5.97 Å². The van der Waals surface area contributed by atoms with Crippen LogP contribution in [0.25, 0.3) is 0 Å². The predicted molar refractivity (Wildman–Crippen MR) is 79.1 cm³/mol. The molecule has 0 saturated carbocycles. The molecule has 0 aliphatic heterocycles. The van der Waals surface area contributed by atoms with Crippen molar-refractivity contribution < 1.29 is 14.6 Å². The van der Waals surface area contributed by atoms with Crippen LogP contribution in [0.3, 0.4) is 0 Å². The summed E-state index contributed by atoms with van der Waals surface area (Å²) < 4.78 is 5.48. The second-order valence-electron chi connectivity index (χ2n) is 7.26. The lowest BCUT2D eigenvalue weighted by atomic mass is 9.78. The van der Waals surface area contributed by atoms with Crippen molar-refractivity contribution in [1.82, 2.24) is 0 Å². The number of aliphatic carboxylic acids is 1. The zero-order valence-corrected chi connectivity index (χ0v) is 13.6. The van der Waals surface area contributed by atoms with Crippen LogP contribution in [0, 0.1) is 0 Å². The van der Waals surface area contributed by atoms with Gasteiger partial charge in [0, 0.05) is 23.5 Å². The molecule has 1 rings (SSSR count). The van der Waals surface area contributed by atoms with E-state index >= 15 is 0 Å². The SMILES string of the molecule is COc1c(CC(=O)[O-])cc(C(C)(C)C)cc1C(C)(C)C. The second kappa shape index (κ2) is 5.47. The van der Waals surface area contributed by atoms with Crippen LogP contribution in [0.5, 0.6) is 5.75 Å². The van der Waals surface area contributed by atoms with Crippen molar-refractivity contribution in [3.8, 4) is 5.75 Å². The number of carbonyl (C=O) groups is 1. The van der Waals surface area contributed by atoms with Gasteiger partial charge in [0.1, 0.15) is 5.75 Å². The Hall–Kier alpha value is -1.51. The summed E-state index contributed by atoms with van der Waals surface area (Å²) in [6, 6.07) is 4.04. The van der Waals surface area contributed by atoms with Crippen molar-refractivity contribution in [3.63, 3.8) is 0 Å². The summed E-state index contributed by atoms with van der Waals surface area (Å²) in [4.78, 5) is 11.0. The van der Waals surface area contributed by atoms with Gasteiger partial charge in [0.15, 0.2) is 0 Å². The number of benzene rings is 1. The molecule has 0 heterocycles. The number of rotatable bonds is 3. The van der Waals surface area contributed by atoms with E-state index in [0.29, 0.717) is 11.3 Å². The van der Waals surface area contributed by atoms with Gasteiger partial charge in [0.25, 0.3) is 0 Å². The maximum atomic E-state index is 11.0. The Morgan fingerprint density at radius 1 is 1.10 bits per heavy atom. The molecule has 0 aromatic heterocycles. The summed E-state index contributed by atoms with van der Waals surface area (Å²) in [6.07, 6.45) is -0.129. The third kappa shape index (κ3) is 3.75.